The van der Waals surface area contributed by atoms with E-state index in [0.29, 0.717) is 32.1 Å². The number of fused-ring (bicyclic) bond motifs is 2. The second kappa shape index (κ2) is 11.5. The summed E-state index contributed by atoms with van der Waals surface area (Å²) in [7, 11) is 3.18. The first-order valence-electron chi connectivity index (χ1n) is 13.5. The van der Waals surface area contributed by atoms with E-state index in [9.17, 15) is 9.59 Å². The summed E-state index contributed by atoms with van der Waals surface area (Å²) in [6, 6.07) is 27.8. The molecular formula is C34H28N2O5S. The number of aromatic nitrogens is 1. The quantitative estimate of drug-likeness (QED) is 0.252. The Morgan fingerprint density at radius 3 is 2.38 bits per heavy atom. The van der Waals surface area contributed by atoms with Crippen LogP contribution in [0, 0.1) is 0 Å². The van der Waals surface area contributed by atoms with Crippen molar-refractivity contribution < 1.29 is 19.0 Å². The van der Waals surface area contributed by atoms with Crippen molar-refractivity contribution in [1.29, 1.82) is 0 Å². The van der Waals surface area contributed by atoms with Crippen LogP contribution in [0.2, 0.25) is 0 Å². The van der Waals surface area contributed by atoms with Gasteiger partial charge in [-0.15, -0.1) is 0 Å². The van der Waals surface area contributed by atoms with Crippen LogP contribution < -0.4 is 24.4 Å². The molecule has 8 heteroatoms. The molecule has 2 heterocycles. The third-order valence-electron chi connectivity index (χ3n) is 7.22. The molecule has 0 bridgehead atoms. The molecule has 1 atom stereocenters. The third kappa shape index (κ3) is 4.69. The number of hydrogen-bond acceptors (Lipinski definition) is 7. The summed E-state index contributed by atoms with van der Waals surface area (Å²) in [4.78, 5) is 33.6. The molecule has 0 saturated carbocycles. The molecule has 5 aromatic rings. The van der Waals surface area contributed by atoms with Gasteiger partial charge in [0.2, 0.25) is 0 Å². The Hall–Kier alpha value is -4.95. The van der Waals surface area contributed by atoms with Gasteiger partial charge >= 0.3 is 5.97 Å². The molecule has 0 amide bonds. The molecule has 6 rings (SSSR count). The van der Waals surface area contributed by atoms with Gasteiger partial charge in [0.15, 0.2) is 4.80 Å². The highest BCUT2D eigenvalue weighted by molar-refractivity contribution is 7.07. The largest absolute Gasteiger partial charge is 0.496 e. The molecule has 42 heavy (non-hydrogen) atoms. The fourth-order valence-electron chi connectivity index (χ4n) is 5.38. The van der Waals surface area contributed by atoms with Crippen molar-refractivity contribution in [3.05, 3.63) is 133 Å². The lowest BCUT2D eigenvalue weighted by Crippen LogP contribution is -2.40. The highest BCUT2D eigenvalue weighted by Crippen LogP contribution is 2.42. The second-order valence-corrected chi connectivity index (χ2v) is 10.6. The fraction of sp³-hybridized carbons (Fsp3) is 0.147. The van der Waals surface area contributed by atoms with Gasteiger partial charge in [-0.1, -0.05) is 90.2 Å². The molecule has 0 unspecified atom stereocenters. The lowest BCUT2D eigenvalue weighted by molar-refractivity contribution is -0.138. The van der Waals surface area contributed by atoms with Gasteiger partial charge in [-0.25, -0.2) is 9.79 Å². The number of benzene rings is 4. The van der Waals surface area contributed by atoms with E-state index < -0.39 is 12.0 Å². The molecule has 0 radical (unpaired) electrons. The average Bonchev–Trinajstić information content (AvgIpc) is 3.34. The molecule has 1 aromatic heterocycles. The minimum Gasteiger partial charge on any atom is -0.496 e. The normalized spacial score (nSPS) is 14.8. The van der Waals surface area contributed by atoms with Crippen LogP contribution in [0.1, 0.15) is 29.7 Å². The maximum Gasteiger partial charge on any atom is 0.338 e. The van der Waals surface area contributed by atoms with E-state index in [0.717, 1.165) is 21.9 Å². The van der Waals surface area contributed by atoms with Crippen molar-refractivity contribution in [2.45, 2.75) is 13.0 Å². The SMILES string of the molecule is CCOC(=O)C1=C(c2ccccc2)N=c2sc(=Cc3ccccc3OC)c(=O)n2[C@H]1c1c(OC)ccc2ccccc12. The van der Waals surface area contributed by atoms with E-state index in [1.54, 1.807) is 31.8 Å². The van der Waals surface area contributed by atoms with Gasteiger partial charge in [-0.05, 0) is 35.9 Å². The lowest BCUT2D eigenvalue weighted by Gasteiger charge is -2.28. The summed E-state index contributed by atoms with van der Waals surface area (Å²) in [5.74, 6) is 0.654. The molecule has 7 nitrogen and oxygen atoms in total. The number of esters is 1. The van der Waals surface area contributed by atoms with Gasteiger partial charge in [-0.3, -0.25) is 9.36 Å². The summed E-state index contributed by atoms with van der Waals surface area (Å²) in [5, 5.41) is 1.81. The number of thiazole rings is 1. The van der Waals surface area contributed by atoms with Crippen LogP contribution in [-0.4, -0.2) is 31.4 Å². The summed E-state index contributed by atoms with van der Waals surface area (Å²) in [6.07, 6.45) is 1.80. The Labute approximate surface area is 246 Å². The number of methoxy groups -OCH3 is 2. The van der Waals surface area contributed by atoms with Crippen LogP contribution in [0.3, 0.4) is 0 Å². The van der Waals surface area contributed by atoms with Crippen molar-refractivity contribution in [2.75, 3.05) is 20.8 Å². The highest BCUT2D eigenvalue weighted by atomic mass is 32.1. The number of carbonyl (C=O) groups is 1. The van der Waals surface area contributed by atoms with Crippen LogP contribution in [0.4, 0.5) is 0 Å². The van der Waals surface area contributed by atoms with Crippen LogP contribution in [0.5, 0.6) is 11.5 Å². The number of rotatable bonds is 7. The van der Waals surface area contributed by atoms with E-state index in [-0.39, 0.29) is 17.7 Å². The molecule has 0 aliphatic carbocycles. The summed E-state index contributed by atoms with van der Waals surface area (Å²) in [6.45, 7) is 1.93. The van der Waals surface area contributed by atoms with Crippen molar-refractivity contribution >= 4 is 39.9 Å². The Balaban J connectivity index is 1.75. The predicted molar refractivity (Wildman–Crippen MR) is 165 cm³/mol. The molecule has 0 saturated heterocycles. The number of nitrogens with zero attached hydrogens (tertiary/aromatic N) is 2. The average molecular weight is 577 g/mol. The zero-order chi connectivity index (χ0) is 29.2. The molecule has 4 aromatic carbocycles. The van der Waals surface area contributed by atoms with E-state index in [1.165, 1.54) is 11.3 Å². The van der Waals surface area contributed by atoms with Gasteiger partial charge in [0, 0.05) is 16.7 Å². The lowest BCUT2D eigenvalue weighted by atomic mass is 9.89. The molecule has 0 fully saturated rings. The van der Waals surface area contributed by atoms with E-state index >= 15 is 0 Å². The number of para-hydroxylation sites is 1. The maximum atomic E-state index is 14.3. The first-order chi connectivity index (χ1) is 20.5. The van der Waals surface area contributed by atoms with Crippen LogP contribution >= 0.6 is 11.3 Å². The zero-order valence-electron chi connectivity index (χ0n) is 23.4. The van der Waals surface area contributed by atoms with Gasteiger partial charge in [0.1, 0.15) is 17.5 Å². The Bertz CT molecular complexity index is 2020. The van der Waals surface area contributed by atoms with Crippen LogP contribution in [-0.2, 0) is 9.53 Å². The van der Waals surface area contributed by atoms with Gasteiger partial charge in [-0.2, -0.15) is 0 Å². The minimum atomic E-state index is -0.864. The standard InChI is InChI=1S/C34H28N2O5S/c1-4-41-33(38)29-30(22-13-6-5-7-14-22)35-34-36(32(37)27(42-34)20-23-15-9-11-17-25(23)39-2)31(29)28-24-16-10-8-12-21(24)18-19-26(28)40-3/h5-20,31H,4H2,1-3H3/t31-/m0/s1. The topological polar surface area (TPSA) is 79.1 Å². The van der Waals surface area contributed by atoms with Gasteiger partial charge < -0.3 is 14.2 Å². The molecule has 210 valence electrons. The smallest absolute Gasteiger partial charge is 0.338 e. The van der Waals surface area contributed by atoms with E-state index in [4.69, 9.17) is 19.2 Å². The second-order valence-electron chi connectivity index (χ2n) is 9.58. The fourth-order valence-corrected chi connectivity index (χ4v) is 6.37. The monoisotopic (exact) mass is 576 g/mol. The summed E-state index contributed by atoms with van der Waals surface area (Å²) in [5.41, 5.74) is 2.64. The van der Waals surface area contributed by atoms with Crippen molar-refractivity contribution in [3.63, 3.8) is 0 Å². The Morgan fingerprint density at radius 2 is 1.62 bits per heavy atom. The minimum absolute atomic E-state index is 0.169. The Morgan fingerprint density at radius 1 is 0.905 bits per heavy atom. The Kier molecular flexibility index (Phi) is 7.46. The predicted octanol–water partition coefficient (Wildman–Crippen LogP) is 5.11. The van der Waals surface area contributed by atoms with E-state index in [2.05, 4.69) is 0 Å². The van der Waals surface area contributed by atoms with Crippen LogP contribution in [0.15, 0.2) is 106 Å². The van der Waals surface area contributed by atoms with Crippen molar-refractivity contribution in [3.8, 4) is 11.5 Å². The van der Waals surface area contributed by atoms with Crippen molar-refractivity contribution in [1.82, 2.24) is 4.57 Å². The van der Waals surface area contributed by atoms with Crippen molar-refractivity contribution in [2.24, 2.45) is 4.99 Å². The molecule has 1 aliphatic rings. The van der Waals surface area contributed by atoms with Crippen LogP contribution in [0.25, 0.3) is 22.5 Å². The van der Waals surface area contributed by atoms with Gasteiger partial charge in [0.05, 0.1) is 36.6 Å². The third-order valence-corrected chi connectivity index (χ3v) is 8.21. The first-order valence-corrected chi connectivity index (χ1v) is 14.3. The van der Waals surface area contributed by atoms with E-state index in [1.807, 2.05) is 91.0 Å². The van der Waals surface area contributed by atoms with Gasteiger partial charge in [0.25, 0.3) is 5.56 Å². The molecular weight excluding hydrogens is 548 g/mol. The summed E-state index contributed by atoms with van der Waals surface area (Å²) < 4.78 is 19.1. The number of ether oxygens (including phenoxy) is 3. The zero-order valence-corrected chi connectivity index (χ0v) is 24.2. The maximum absolute atomic E-state index is 14.3. The molecule has 0 N–H and O–H groups in total. The number of hydrogen-bond donors (Lipinski definition) is 0. The first kappa shape index (κ1) is 27.2. The molecule has 0 spiro atoms. The summed E-state index contributed by atoms with van der Waals surface area (Å²) >= 11 is 1.26. The molecule has 1 aliphatic heterocycles. The highest BCUT2D eigenvalue weighted by Gasteiger charge is 2.37. The number of carbonyl (C=O) groups excluding carboxylic acids is 1.